The van der Waals surface area contributed by atoms with Crippen LogP contribution in [0.3, 0.4) is 0 Å². The van der Waals surface area contributed by atoms with Gasteiger partial charge in [0, 0.05) is 32.0 Å². The molecule has 0 aromatic heterocycles. The molecule has 0 spiro atoms. The molecule has 1 aliphatic heterocycles. The van der Waals surface area contributed by atoms with Gasteiger partial charge in [-0.2, -0.15) is 0 Å². The van der Waals surface area contributed by atoms with Crippen LogP contribution in [0.25, 0.3) is 0 Å². The van der Waals surface area contributed by atoms with E-state index >= 15 is 0 Å². The molecule has 88 valence electrons. The highest BCUT2D eigenvalue weighted by Crippen LogP contribution is 2.13. The normalized spacial score (nSPS) is 19.1. The second-order valence-electron chi connectivity index (χ2n) is 4.76. The van der Waals surface area contributed by atoms with E-state index in [1.54, 1.807) is 13.8 Å². The lowest BCUT2D eigenvalue weighted by atomic mass is 9.99. The van der Waals surface area contributed by atoms with Crippen molar-refractivity contribution >= 4 is 0 Å². The van der Waals surface area contributed by atoms with Gasteiger partial charge < -0.3 is 10.1 Å². The van der Waals surface area contributed by atoms with E-state index in [0.29, 0.717) is 12.5 Å². The summed E-state index contributed by atoms with van der Waals surface area (Å²) >= 11 is 0. The molecule has 0 atom stereocenters. The Kier molecular flexibility index (Phi) is 4.47. The number of nitro groups is 1. The molecule has 0 saturated carbocycles. The molecular formula is C10H20N2O3. The molecule has 1 aliphatic rings. The first-order chi connectivity index (χ1) is 7.02. The van der Waals surface area contributed by atoms with Crippen LogP contribution in [0.2, 0.25) is 0 Å². The van der Waals surface area contributed by atoms with Crippen LogP contribution in [-0.2, 0) is 4.74 Å². The van der Waals surface area contributed by atoms with E-state index < -0.39 is 5.54 Å². The smallest absolute Gasteiger partial charge is 0.228 e. The molecule has 1 N–H and O–H groups in total. The first-order valence-electron chi connectivity index (χ1n) is 5.45. The van der Waals surface area contributed by atoms with Gasteiger partial charge in [-0.25, -0.2) is 0 Å². The van der Waals surface area contributed by atoms with Gasteiger partial charge in [0.05, 0.1) is 6.54 Å². The Labute approximate surface area is 90.3 Å². The van der Waals surface area contributed by atoms with E-state index in [1.165, 1.54) is 0 Å². The summed E-state index contributed by atoms with van der Waals surface area (Å²) < 4.78 is 5.25. The summed E-state index contributed by atoms with van der Waals surface area (Å²) in [5.41, 5.74) is -0.870. The van der Waals surface area contributed by atoms with Crippen molar-refractivity contribution in [3.05, 3.63) is 10.1 Å². The minimum Gasteiger partial charge on any atom is -0.381 e. The molecule has 1 rings (SSSR count). The van der Waals surface area contributed by atoms with Crippen molar-refractivity contribution in [3.8, 4) is 0 Å². The van der Waals surface area contributed by atoms with Crippen molar-refractivity contribution in [2.24, 2.45) is 5.92 Å². The quantitative estimate of drug-likeness (QED) is 0.551. The van der Waals surface area contributed by atoms with E-state index in [0.717, 1.165) is 32.6 Å². The molecule has 1 fully saturated rings. The molecule has 5 nitrogen and oxygen atoms in total. The van der Waals surface area contributed by atoms with Gasteiger partial charge in [-0.3, -0.25) is 10.1 Å². The third-order valence-electron chi connectivity index (χ3n) is 2.83. The standard InChI is InChI=1S/C10H20N2O3/c1-10(2,12(13)14)8-11-7-9-3-5-15-6-4-9/h9,11H,3-8H2,1-2H3. The molecule has 5 heteroatoms. The minimum absolute atomic E-state index is 0.232. The van der Waals surface area contributed by atoms with Gasteiger partial charge >= 0.3 is 0 Å². The van der Waals surface area contributed by atoms with Gasteiger partial charge in [-0.15, -0.1) is 0 Å². The monoisotopic (exact) mass is 216 g/mol. The van der Waals surface area contributed by atoms with E-state index in [4.69, 9.17) is 4.74 Å². The molecule has 15 heavy (non-hydrogen) atoms. The zero-order valence-electron chi connectivity index (χ0n) is 9.49. The average Bonchev–Trinajstić information content (AvgIpc) is 2.19. The number of rotatable bonds is 5. The van der Waals surface area contributed by atoms with Crippen LogP contribution < -0.4 is 5.32 Å². The van der Waals surface area contributed by atoms with Crippen LogP contribution in [0.4, 0.5) is 0 Å². The lowest BCUT2D eigenvalue weighted by Gasteiger charge is -2.23. The summed E-state index contributed by atoms with van der Waals surface area (Å²) in [6, 6.07) is 0. The minimum atomic E-state index is -0.870. The van der Waals surface area contributed by atoms with Crippen LogP contribution >= 0.6 is 0 Å². The maximum Gasteiger partial charge on any atom is 0.228 e. The van der Waals surface area contributed by atoms with Crippen molar-refractivity contribution in [2.45, 2.75) is 32.2 Å². The summed E-state index contributed by atoms with van der Waals surface area (Å²) in [5, 5.41) is 13.8. The van der Waals surface area contributed by atoms with Gasteiger partial charge in [0.25, 0.3) is 0 Å². The molecule has 0 unspecified atom stereocenters. The van der Waals surface area contributed by atoms with Gasteiger partial charge in [-0.05, 0) is 25.3 Å². The number of ether oxygens (including phenoxy) is 1. The molecule has 0 radical (unpaired) electrons. The summed E-state index contributed by atoms with van der Waals surface area (Å²) in [5.74, 6) is 0.612. The highest BCUT2D eigenvalue weighted by atomic mass is 16.6. The topological polar surface area (TPSA) is 64.4 Å². The highest BCUT2D eigenvalue weighted by Gasteiger charge is 2.30. The Bertz CT molecular complexity index is 213. The summed E-state index contributed by atoms with van der Waals surface area (Å²) in [7, 11) is 0. The van der Waals surface area contributed by atoms with Crippen LogP contribution in [0.5, 0.6) is 0 Å². The summed E-state index contributed by atoms with van der Waals surface area (Å²) in [4.78, 5) is 10.4. The third kappa shape index (κ3) is 4.13. The average molecular weight is 216 g/mol. The Morgan fingerprint density at radius 2 is 2.07 bits per heavy atom. The number of nitrogens with zero attached hydrogens (tertiary/aromatic N) is 1. The van der Waals surface area contributed by atoms with Gasteiger partial charge in [-0.1, -0.05) is 0 Å². The van der Waals surface area contributed by atoms with E-state index in [1.807, 2.05) is 0 Å². The van der Waals surface area contributed by atoms with E-state index in [2.05, 4.69) is 5.32 Å². The first kappa shape index (κ1) is 12.4. The number of hydrogen-bond acceptors (Lipinski definition) is 4. The Balaban J connectivity index is 2.17. The highest BCUT2D eigenvalue weighted by molar-refractivity contribution is 4.73. The number of hydrogen-bond donors (Lipinski definition) is 1. The first-order valence-corrected chi connectivity index (χ1v) is 5.45. The Morgan fingerprint density at radius 1 is 1.47 bits per heavy atom. The van der Waals surface area contributed by atoms with Crippen LogP contribution in [-0.4, -0.2) is 36.8 Å². The molecule has 0 bridgehead atoms. The van der Waals surface area contributed by atoms with Crippen molar-refractivity contribution in [2.75, 3.05) is 26.3 Å². The number of nitrogens with one attached hydrogen (secondary N) is 1. The van der Waals surface area contributed by atoms with Gasteiger partial charge in [0.15, 0.2) is 0 Å². The zero-order chi connectivity index (χ0) is 11.3. The summed E-state index contributed by atoms with van der Waals surface area (Å²) in [6.45, 7) is 6.22. The molecule has 1 heterocycles. The second-order valence-corrected chi connectivity index (χ2v) is 4.76. The SMILES string of the molecule is CC(C)(CNCC1CCOCC1)[N+](=O)[O-]. The molecule has 0 aromatic carbocycles. The Morgan fingerprint density at radius 3 is 2.60 bits per heavy atom. The largest absolute Gasteiger partial charge is 0.381 e. The van der Waals surface area contributed by atoms with Crippen LogP contribution in [0, 0.1) is 16.0 Å². The fraction of sp³-hybridized carbons (Fsp3) is 1.00. The van der Waals surface area contributed by atoms with Gasteiger partial charge in [0.2, 0.25) is 5.54 Å². The molecular weight excluding hydrogens is 196 g/mol. The van der Waals surface area contributed by atoms with Gasteiger partial charge in [0.1, 0.15) is 0 Å². The van der Waals surface area contributed by atoms with Crippen molar-refractivity contribution in [1.29, 1.82) is 0 Å². The molecule has 1 saturated heterocycles. The van der Waals surface area contributed by atoms with Crippen LogP contribution in [0.15, 0.2) is 0 Å². The molecule has 0 aliphatic carbocycles. The van der Waals surface area contributed by atoms with E-state index in [-0.39, 0.29) is 4.92 Å². The van der Waals surface area contributed by atoms with Crippen molar-refractivity contribution in [3.63, 3.8) is 0 Å². The lowest BCUT2D eigenvalue weighted by Crippen LogP contribution is -2.43. The maximum atomic E-state index is 10.6. The lowest BCUT2D eigenvalue weighted by molar-refractivity contribution is -0.558. The van der Waals surface area contributed by atoms with Crippen molar-refractivity contribution in [1.82, 2.24) is 5.32 Å². The molecule has 0 amide bonds. The Hall–Kier alpha value is -0.680. The van der Waals surface area contributed by atoms with Crippen molar-refractivity contribution < 1.29 is 9.66 Å². The van der Waals surface area contributed by atoms with Crippen LogP contribution in [0.1, 0.15) is 26.7 Å². The molecule has 0 aromatic rings. The zero-order valence-corrected chi connectivity index (χ0v) is 9.49. The predicted molar refractivity (Wildman–Crippen MR) is 57.5 cm³/mol. The summed E-state index contributed by atoms with van der Waals surface area (Å²) in [6.07, 6.45) is 2.12. The predicted octanol–water partition coefficient (Wildman–Crippen LogP) is 1.06. The van der Waals surface area contributed by atoms with E-state index in [9.17, 15) is 10.1 Å². The maximum absolute atomic E-state index is 10.6. The fourth-order valence-electron chi connectivity index (χ4n) is 1.60. The second kappa shape index (κ2) is 5.42. The fourth-order valence-corrected chi connectivity index (χ4v) is 1.60. The third-order valence-corrected chi connectivity index (χ3v) is 2.83.